The SMILES string of the molecule is O=C1c2ccccc2-c2ccccc21.[NaH]. The van der Waals surface area contributed by atoms with Crippen molar-refractivity contribution in [1.82, 2.24) is 0 Å². The second-order valence-corrected chi connectivity index (χ2v) is 3.42. The molecule has 0 spiro atoms. The van der Waals surface area contributed by atoms with Gasteiger partial charge < -0.3 is 0 Å². The van der Waals surface area contributed by atoms with Crippen molar-refractivity contribution in [2.24, 2.45) is 0 Å². The molecule has 0 saturated carbocycles. The maximum atomic E-state index is 11.9. The first-order chi connectivity index (χ1) is 6.88. The van der Waals surface area contributed by atoms with Gasteiger partial charge in [0.05, 0.1) is 0 Å². The summed E-state index contributed by atoms with van der Waals surface area (Å²) in [6, 6.07) is 15.5. The number of rotatable bonds is 0. The molecule has 0 unspecified atom stereocenters. The molecule has 2 heteroatoms. The minimum atomic E-state index is 0. The topological polar surface area (TPSA) is 17.1 Å². The summed E-state index contributed by atoms with van der Waals surface area (Å²) in [5.41, 5.74) is 3.78. The van der Waals surface area contributed by atoms with E-state index in [0.717, 1.165) is 22.3 Å². The van der Waals surface area contributed by atoms with Gasteiger partial charge in [-0.15, -0.1) is 0 Å². The number of carbonyl (C=O) groups excluding carboxylic acids is 1. The Kier molecular flexibility index (Phi) is 2.79. The fourth-order valence-electron chi connectivity index (χ4n) is 1.98. The van der Waals surface area contributed by atoms with Gasteiger partial charge in [0.15, 0.2) is 5.78 Å². The van der Waals surface area contributed by atoms with Gasteiger partial charge >= 0.3 is 29.6 Å². The van der Waals surface area contributed by atoms with E-state index < -0.39 is 0 Å². The Hall–Kier alpha value is -0.890. The minimum absolute atomic E-state index is 0. The summed E-state index contributed by atoms with van der Waals surface area (Å²) in [6.07, 6.45) is 0. The molecule has 0 amide bonds. The van der Waals surface area contributed by atoms with Gasteiger partial charge in [0.1, 0.15) is 0 Å². The van der Waals surface area contributed by atoms with Gasteiger partial charge in [0.25, 0.3) is 0 Å². The standard InChI is InChI=1S/C13H8O.Na.H/c14-13-11-7-3-1-5-9(11)10-6-2-4-8-12(10)13;;/h1-8H;;. The Balaban J connectivity index is 0.000000853. The first kappa shape index (κ1) is 10.6. The van der Waals surface area contributed by atoms with Gasteiger partial charge in [0, 0.05) is 11.1 Å². The number of hydrogen-bond donors (Lipinski definition) is 0. The molecule has 1 aliphatic rings. The van der Waals surface area contributed by atoms with Crippen LogP contribution in [0.25, 0.3) is 11.1 Å². The second kappa shape index (κ2) is 3.93. The van der Waals surface area contributed by atoms with Crippen molar-refractivity contribution in [2.75, 3.05) is 0 Å². The number of fused-ring (bicyclic) bond motifs is 3. The van der Waals surface area contributed by atoms with E-state index in [-0.39, 0.29) is 35.3 Å². The molecule has 3 rings (SSSR count). The van der Waals surface area contributed by atoms with Gasteiger partial charge in [-0.1, -0.05) is 48.5 Å². The van der Waals surface area contributed by atoms with E-state index in [4.69, 9.17) is 0 Å². The molecule has 0 radical (unpaired) electrons. The number of hydrogen-bond acceptors (Lipinski definition) is 1. The average Bonchev–Trinajstić information content (AvgIpc) is 2.55. The van der Waals surface area contributed by atoms with Crippen molar-refractivity contribution >= 4 is 35.3 Å². The molecular formula is C13H9NaO. The summed E-state index contributed by atoms with van der Waals surface area (Å²) in [7, 11) is 0. The number of benzene rings is 2. The Bertz CT molecular complexity index is 484. The maximum absolute atomic E-state index is 11.9. The Labute approximate surface area is 110 Å². The third-order valence-corrected chi connectivity index (χ3v) is 2.63. The summed E-state index contributed by atoms with van der Waals surface area (Å²) >= 11 is 0. The molecule has 0 aromatic heterocycles. The zero-order valence-electron chi connectivity index (χ0n) is 7.53. The molecule has 1 nitrogen and oxygen atoms in total. The first-order valence-electron chi connectivity index (χ1n) is 4.61. The summed E-state index contributed by atoms with van der Waals surface area (Å²) in [5, 5.41) is 0. The van der Waals surface area contributed by atoms with Crippen LogP contribution in [0, 0.1) is 0 Å². The normalized spacial score (nSPS) is 11.6. The van der Waals surface area contributed by atoms with Crippen molar-refractivity contribution in [3.63, 3.8) is 0 Å². The molecule has 0 bridgehead atoms. The number of ketones is 1. The van der Waals surface area contributed by atoms with Crippen LogP contribution in [0.2, 0.25) is 0 Å². The van der Waals surface area contributed by atoms with Gasteiger partial charge in [0.2, 0.25) is 0 Å². The van der Waals surface area contributed by atoms with Crippen molar-refractivity contribution in [3.8, 4) is 11.1 Å². The fourth-order valence-corrected chi connectivity index (χ4v) is 1.98. The first-order valence-corrected chi connectivity index (χ1v) is 4.61. The summed E-state index contributed by atoms with van der Waals surface area (Å²) in [5.74, 6) is 0.149. The molecule has 0 N–H and O–H groups in total. The zero-order chi connectivity index (χ0) is 9.54. The average molecular weight is 204 g/mol. The van der Waals surface area contributed by atoms with Crippen LogP contribution >= 0.6 is 0 Å². The van der Waals surface area contributed by atoms with Crippen LogP contribution < -0.4 is 0 Å². The fraction of sp³-hybridized carbons (Fsp3) is 0. The second-order valence-electron chi connectivity index (χ2n) is 3.42. The van der Waals surface area contributed by atoms with Crippen LogP contribution in [0.3, 0.4) is 0 Å². The van der Waals surface area contributed by atoms with Crippen LogP contribution in [-0.4, -0.2) is 35.3 Å². The molecule has 2 aromatic carbocycles. The van der Waals surface area contributed by atoms with Crippen LogP contribution in [0.1, 0.15) is 15.9 Å². The molecule has 2 aromatic rings. The quantitative estimate of drug-likeness (QED) is 0.513. The van der Waals surface area contributed by atoms with Crippen LogP contribution in [0.5, 0.6) is 0 Å². The molecule has 0 fully saturated rings. The predicted molar refractivity (Wildman–Crippen MR) is 62.5 cm³/mol. The van der Waals surface area contributed by atoms with E-state index in [1.54, 1.807) is 0 Å². The van der Waals surface area contributed by atoms with Gasteiger partial charge in [-0.2, -0.15) is 0 Å². The van der Waals surface area contributed by atoms with E-state index >= 15 is 0 Å². The molecule has 0 aliphatic heterocycles. The van der Waals surface area contributed by atoms with Gasteiger partial charge in [-0.25, -0.2) is 0 Å². The third kappa shape index (κ3) is 1.48. The molecule has 1 aliphatic carbocycles. The van der Waals surface area contributed by atoms with E-state index in [0.29, 0.717) is 0 Å². The molecular weight excluding hydrogens is 195 g/mol. The predicted octanol–water partition coefficient (Wildman–Crippen LogP) is 2.25. The van der Waals surface area contributed by atoms with Crippen molar-refractivity contribution < 1.29 is 4.79 Å². The summed E-state index contributed by atoms with van der Waals surface area (Å²) < 4.78 is 0. The van der Waals surface area contributed by atoms with Crippen LogP contribution in [-0.2, 0) is 0 Å². The van der Waals surface area contributed by atoms with Crippen LogP contribution in [0.15, 0.2) is 48.5 Å². The monoisotopic (exact) mass is 204 g/mol. The van der Waals surface area contributed by atoms with E-state index in [1.165, 1.54) is 0 Å². The van der Waals surface area contributed by atoms with E-state index in [9.17, 15) is 4.79 Å². The van der Waals surface area contributed by atoms with E-state index in [1.807, 2.05) is 48.5 Å². The van der Waals surface area contributed by atoms with Crippen molar-refractivity contribution in [2.45, 2.75) is 0 Å². The zero-order valence-corrected chi connectivity index (χ0v) is 7.53. The van der Waals surface area contributed by atoms with Crippen molar-refractivity contribution in [1.29, 1.82) is 0 Å². The molecule has 0 heterocycles. The van der Waals surface area contributed by atoms with Gasteiger partial charge in [-0.05, 0) is 11.1 Å². The van der Waals surface area contributed by atoms with Crippen LogP contribution in [0.4, 0.5) is 0 Å². The Morgan fingerprint density at radius 3 is 1.33 bits per heavy atom. The summed E-state index contributed by atoms with van der Waals surface area (Å²) in [4.78, 5) is 11.9. The number of carbonyl (C=O) groups is 1. The Morgan fingerprint density at radius 1 is 0.600 bits per heavy atom. The molecule has 15 heavy (non-hydrogen) atoms. The third-order valence-electron chi connectivity index (χ3n) is 2.63. The molecule has 0 saturated heterocycles. The molecule has 68 valence electrons. The van der Waals surface area contributed by atoms with E-state index in [2.05, 4.69) is 0 Å². The Morgan fingerprint density at radius 2 is 0.933 bits per heavy atom. The molecule has 0 atom stereocenters. The summed E-state index contributed by atoms with van der Waals surface area (Å²) in [6.45, 7) is 0. The van der Waals surface area contributed by atoms with Crippen molar-refractivity contribution in [3.05, 3.63) is 59.7 Å². The van der Waals surface area contributed by atoms with Gasteiger partial charge in [-0.3, -0.25) is 4.79 Å².